The highest BCUT2D eigenvalue weighted by Gasteiger charge is 2.19. The van der Waals surface area contributed by atoms with Crippen LogP contribution < -0.4 is 10.1 Å². The van der Waals surface area contributed by atoms with Gasteiger partial charge in [0.1, 0.15) is 5.75 Å². The van der Waals surface area contributed by atoms with E-state index in [9.17, 15) is 4.79 Å². The first-order chi connectivity index (χ1) is 13.6. The lowest BCUT2D eigenvalue weighted by molar-refractivity contribution is -0.118. The molecule has 0 atom stereocenters. The minimum atomic E-state index is -0.0312. The van der Waals surface area contributed by atoms with E-state index in [2.05, 4.69) is 15.5 Å². The molecular weight excluding hydrogens is 396 g/mol. The first kappa shape index (κ1) is 20.2. The van der Waals surface area contributed by atoms with E-state index >= 15 is 0 Å². The number of benzene rings is 2. The van der Waals surface area contributed by atoms with E-state index in [1.807, 2.05) is 60.0 Å². The number of aromatic nitrogens is 3. The molecule has 0 unspecified atom stereocenters. The number of rotatable bonds is 8. The molecule has 0 radical (unpaired) electrons. The number of ether oxygens (including phenoxy) is 1. The van der Waals surface area contributed by atoms with Crippen molar-refractivity contribution in [1.29, 1.82) is 0 Å². The van der Waals surface area contributed by atoms with Crippen LogP contribution in [0.4, 0.5) is 0 Å². The summed E-state index contributed by atoms with van der Waals surface area (Å²) in [6.45, 7) is 2.68. The lowest BCUT2D eigenvalue weighted by atomic mass is 10.2. The normalized spacial score (nSPS) is 10.7. The van der Waals surface area contributed by atoms with Crippen LogP contribution in [0.3, 0.4) is 0 Å². The Hall–Kier alpha value is -2.51. The van der Waals surface area contributed by atoms with Gasteiger partial charge in [0.2, 0.25) is 5.91 Å². The average Bonchev–Trinajstić information content (AvgIpc) is 3.15. The summed E-state index contributed by atoms with van der Waals surface area (Å²) in [6, 6.07) is 15.0. The number of carbonyl (C=O) groups excluding carboxylic acids is 1. The van der Waals surface area contributed by atoms with Gasteiger partial charge >= 0.3 is 0 Å². The minimum Gasteiger partial charge on any atom is -0.496 e. The molecule has 8 heteroatoms. The van der Waals surface area contributed by atoms with Gasteiger partial charge in [0.25, 0.3) is 0 Å². The summed E-state index contributed by atoms with van der Waals surface area (Å²) < 4.78 is 7.40. The molecule has 1 aromatic heterocycles. The van der Waals surface area contributed by atoms with Gasteiger partial charge in [0.15, 0.2) is 11.0 Å². The van der Waals surface area contributed by atoms with Crippen LogP contribution in [0, 0.1) is 0 Å². The molecule has 6 nitrogen and oxygen atoms in total. The molecule has 0 spiro atoms. The molecule has 0 aliphatic rings. The van der Waals surface area contributed by atoms with Crippen molar-refractivity contribution in [2.75, 3.05) is 19.4 Å². The quantitative estimate of drug-likeness (QED) is 0.557. The van der Waals surface area contributed by atoms with E-state index in [0.29, 0.717) is 28.3 Å². The van der Waals surface area contributed by atoms with Gasteiger partial charge in [0, 0.05) is 17.3 Å². The van der Waals surface area contributed by atoms with Crippen molar-refractivity contribution in [1.82, 2.24) is 20.1 Å². The number of amides is 1. The second kappa shape index (κ2) is 9.61. The van der Waals surface area contributed by atoms with E-state index in [0.717, 1.165) is 17.7 Å². The zero-order valence-corrected chi connectivity index (χ0v) is 17.3. The summed E-state index contributed by atoms with van der Waals surface area (Å²) in [5.41, 5.74) is 1.67. The number of thioether (sulfide) groups is 1. The number of nitrogens with one attached hydrogen (secondary N) is 1. The van der Waals surface area contributed by atoms with E-state index in [1.165, 1.54) is 11.8 Å². The highest BCUT2D eigenvalue weighted by molar-refractivity contribution is 7.99. The first-order valence-corrected chi connectivity index (χ1v) is 10.2. The smallest absolute Gasteiger partial charge is 0.230 e. The van der Waals surface area contributed by atoms with Crippen LogP contribution in [0.2, 0.25) is 5.02 Å². The summed E-state index contributed by atoms with van der Waals surface area (Å²) in [6.07, 6.45) is 0.898. The van der Waals surface area contributed by atoms with Crippen molar-refractivity contribution in [3.63, 3.8) is 0 Å². The van der Waals surface area contributed by atoms with Gasteiger partial charge in [-0.2, -0.15) is 0 Å². The lowest BCUT2D eigenvalue weighted by Crippen LogP contribution is -2.25. The monoisotopic (exact) mass is 416 g/mol. The second-order valence-electron chi connectivity index (χ2n) is 5.96. The third-order valence-electron chi connectivity index (χ3n) is 3.97. The van der Waals surface area contributed by atoms with Crippen LogP contribution in [0.1, 0.15) is 13.3 Å². The summed E-state index contributed by atoms with van der Waals surface area (Å²) in [4.78, 5) is 12.0. The van der Waals surface area contributed by atoms with Crippen LogP contribution in [-0.4, -0.2) is 40.1 Å². The number of carbonyl (C=O) groups is 1. The molecule has 146 valence electrons. The van der Waals surface area contributed by atoms with Gasteiger partial charge in [-0.05, 0) is 42.8 Å². The Bertz CT molecular complexity index is 944. The largest absolute Gasteiger partial charge is 0.496 e. The van der Waals surface area contributed by atoms with Gasteiger partial charge in [-0.25, -0.2) is 0 Å². The van der Waals surface area contributed by atoms with Crippen molar-refractivity contribution in [3.8, 4) is 22.8 Å². The maximum Gasteiger partial charge on any atom is 0.230 e. The molecule has 0 saturated heterocycles. The second-order valence-corrected chi connectivity index (χ2v) is 7.34. The number of nitrogens with zero attached hydrogens (tertiary/aromatic N) is 3. The molecule has 0 aliphatic heterocycles. The molecular formula is C20H21ClN4O2S. The SMILES string of the molecule is CCCNC(=O)CSc1nnc(-c2ccccc2OC)n1-c1ccc(Cl)cc1. The first-order valence-electron chi connectivity index (χ1n) is 8.88. The zero-order chi connectivity index (χ0) is 19.9. The van der Waals surface area contributed by atoms with Crippen molar-refractivity contribution in [3.05, 3.63) is 53.6 Å². The Morgan fingerprint density at radius 2 is 1.93 bits per heavy atom. The van der Waals surface area contributed by atoms with Crippen LogP contribution in [0.5, 0.6) is 5.75 Å². The summed E-state index contributed by atoms with van der Waals surface area (Å²) in [7, 11) is 1.62. The van der Waals surface area contributed by atoms with E-state index in [-0.39, 0.29) is 11.7 Å². The Labute approximate surface area is 173 Å². The fourth-order valence-electron chi connectivity index (χ4n) is 2.64. The molecule has 0 bridgehead atoms. The molecule has 0 saturated carbocycles. The van der Waals surface area contributed by atoms with Crippen LogP contribution in [0.25, 0.3) is 17.1 Å². The highest BCUT2D eigenvalue weighted by atomic mass is 35.5. The third kappa shape index (κ3) is 4.66. The minimum absolute atomic E-state index is 0.0312. The summed E-state index contributed by atoms with van der Waals surface area (Å²) in [5, 5.41) is 12.8. The van der Waals surface area contributed by atoms with E-state index in [4.69, 9.17) is 16.3 Å². The zero-order valence-electron chi connectivity index (χ0n) is 15.7. The summed E-state index contributed by atoms with van der Waals surface area (Å²) in [5.74, 6) is 1.56. The number of hydrogen-bond acceptors (Lipinski definition) is 5. The van der Waals surface area contributed by atoms with Gasteiger partial charge in [-0.3, -0.25) is 9.36 Å². The average molecular weight is 417 g/mol. The Morgan fingerprint density at radius 1 is 1.18 bits per heavy atom. The fraction of sp³-hybridized carbons (Fsp3) is 0.250. The van der Waals surface area contributed by atoms with E-state index < -0.39 is 0 Å². The van der Waals surface area contributed by atoms with Crippen molar-refractivity contribution in [2.24, 2.45) is 0 Å². The molecule has 2 aromatic carbocycles. The Morgan fingerprint density at radius 3 is 2.64 bits per heavy atom. The van der Waals surface area contributed by atoms with Crippen LogP contribution in [0.15, 0.2) is 53.7 Å². The van der Waals surface area contributed by atoms with Gasteiger partial charge in [-0.1, -0.05) is 42.4 Å². The predicted molar refractivity (Wildman–Crippen MR) is 112 cm³/mol. The number of para-hydroxylation sites is 1. The van der Waals surface area contributed by atoms with Gasteiger partial charge in [-0.15, -0.1) is 10.2 Å². The molecule has 0 aliphatic carbocycles. The Kier molecular flexibility index (Phi) is 6.95. The predicted octanol–water partition coefficient (Wildman–Crippen LogP) is 4.21. The van der Waals surface area contributed by atoms with Gasteiger partial charge in [0.05, 0.1) is 18.4 Å². The topological polar surface area (TPSA) is 69.0 Å². The van der Waals surface area contributed by atoms with Gasteiger partial charge < -0.3 is 10.1 Å². The van der Waals surface area contributed by atoms with Crippen LogP contribution >= 0.6 is 23.4 Å². The van der Waals surface area contributed by atoms with Crippen molar-refractivity contribution in [2.45, 2.75) is 18.5 Å². The molecule has 3 rings (SSSR count). The van der Waals surface area contributed by atoms with E-state index in [1.54, 1.807) is 7.11 Å². The highest BCUT2D eigenvalue weighted by Crippen LogP contribution is 2.33. The standard InChI is InChI=1S/C20H21ClN4O2S/c1-3-12-22-18(26)13-28-20-24-23-19(16-6-4-5-7-17(16)27-2)25(20)15-10-8-14(21)9-11-15/h4-11H,3,12-13H2,1-2H3,(H,22,26). The molecule has 1 N–H and O–H groups in total. The number of methoxy groups -OCH3 is 1. The maximum absolute atomic E-state index is 12.0. The van der Waals surface area contributed by atoms with Crippen molar-refractivity contribution >= 4 is 29.3 Å². The molecule has 1 amide bonds. The van der Waals surface area contributed by atoms with Crippen LogP contribution in [-0.2, 0) is 4.79 Å². The lowest BCUT2D eigenvalue weighted by Gasteiger charge is -2.12. The molecule has 0 fully saturated rings. The fourth-order valence-corrected chi connectivity index (χ4v) is 3.54. The molecule has 3 aromatic rings. The Balaban J connectivity index is 2.00. The number of halogens is 1. The maximum atomic E-state index is 12.0. The van der Waals surface area contributed by atoms with Crippen molar-refractivity contribution < 1.29 is 9.53 Å². The summed E-state index contributed by atoms with van der Waals surface area (Å²) >= 11 is 7.39. The molecule has 1 heterocycles. The molecule has 28 heavy (non-hydrogen) atoms. The number of hydrogen-bond donors (Lipinski definition) is 1. The third-order valence-corrected chi connectivity index (χ3v) is 5.15.